The molecule has 1 N–H and O–H groups in total. The van der Waals surface area contributed by atoms with Crippen molar-refractivity contribution in [3.8, 4) is 11.5 Å². The Morgan fingerprint density at radius 3 is 2.27 bits per heavy atom. The molecule has 0 aliphatic carbocycles. The minimum Gasteiger partial charge on any atom is -0.507 e. The molecule has 33 heavy (non-hydrogen) atoms. The minimum absolute atomic E-state index is 0.00618. The van der Waals surface area contributed by atoms with Crippen molar-refractivity contribution < 1.29 is 28.6 Å². The molecule has 1 aromatic heterocycles. The number of ether oxygens (including phenoxy) is 2. The summed E-state index contributed by atoms with van der Waals surface area (Å²) in [4.78, 5) is 27.5. The number of carbonyl (C=O) groups is 2. The predicted molar refractivity (Wildman–Crippen MR) is 122 cm³/mol. The lowest BCUT2D eigenvalue weighted by molar-refractivity contribution is -0.140. The molecule has 0 radical (unpaired) electrons. The van der Waals surface area contributed by atoms with E-state index >= 15 is 0 Å². The number of likely N-dealkylation sites (tertiary alicyclic amines) is 1. The molecule has 170 valence electrons. The van der Waals surface area contributed by atoms with Gasteiger partial charge in [-0.3, -0.25) is 9.59 Å². The molecular formula is C26H25NO6. The Morgan fingerprint density at radius 1 is 1.03 bits per heavy atom. The zero-order valence-corrected chi connectivity index (χ0v) is 18.6. The number of ketones is 1. The maximum Gasteiger partial charge on any atom is 0.296 e. The molecule has 0 saturated carbocycles. The van der Waals surface area contributed by atoms with Crippen LogP contribution in [-0.2, 0) is 16.1 Å². The average Bonchev–Trinajstić information content (AvgIpc) is 3.42. The SMILES string of the molecule is COc1ccc(CN2C(=O)C(=O)/C(=C(\O)c3ccc(OC(C)C)cc3)C2c2ccco2)cc1. The monoisotopic (exact) mass is 447 g/mol. The van der Waals surface area contributed by atoms with E-state index in [-0.39, 0.29) is 24.0 Å². The fourth-order valence-corrected chi connectivity index (χ4v) is 3.83. The van der Waals surface area contributed by atoms with E-state index in [0.717, 1.165) is 5.56 Å². The van der Waals surface area contributed by atoms with Gasteiger partial charge in [-0.25, -0.2) is 0 Å². The van der Waals surface area contributed by atoms with Crippen LogP contribution in [0.4, 0.5) is 0 Å². The first-order chi connectivity index (χ1) is 15.9. The number of Topliss-reactive ketones (excluding diaryl/α,β-unsaturated/α-hetero) is 1. The Kier molecular flexibility index (Phi) is 6.22. The number of rotatable bonds is 7. The molecule has 7 heteroatoms. The van der Waals surface area contributed by atoms with E-state index in [1.54, 1.807) is 55.6 Å². The quantitative estimate of drug-likeness (QED) is 0.321. The zero-order valence-electron chi connectivity index (χ0n) is 18.6. The summed E-state index contributed by atoms with van der Waals surface area (Å²) in [5.74, 6) is 0.00271. The van der Waals surface area contributed by atoms with Crippen LogP contribution in [0.15, 0.2) is 76.9 Å². The van der Waals surface area contributed by atoms with Crippen molar-refractivity contribution in [3.05, 3.63) is 89.4 Å². The molecule has 2 aromatic carbocycles. The summed E-state index contributed by atoms with van der Waals surface area (Å²) in [5, 5.41) is 11.1. The van der Waals surface area contributed by atoms with E-state index in [1.165, 1.54) is 11.2 Å². The summed E-state index contributed by atoms with van der Waals surface area (Å²) in [5.41, 5.74) is 1.20. The Bertz CT molecular complexity index is 1160. The van der Waals surface area contributed by atoms with Crippen LogP contribution in [0.2, 0.25) is 0 Å². The predicted octanol–water partition coefficient (Wildman–Crippen LogP) is 4.70. The number of carbonyl (C=O) groups excluding carboxylic acids is 2. The minimum atomic E-state index is -0.853. The van der Waals surface area contributed by atoms with Crippen molar-refractivity contribution in [1.82, 2.24) is 4.90 Å². The number of aliphatic hydroxyl groups excluding tert-OH is 1. The summed E-state index contributed by atoms with van der Waals surface area (Å²) >= 11 is 0. The normalized spacial score (nSPS) is 17.6. The Labute approximate surface area is 191 Å². The number of hydrogen-bond acceptors (Lipinski definition) is 6. The van der Waals surface area contributed by atoms with Crippen molar-refractivity contribution in [2.45, 2.75) is 32.5 Å². The summed E-state index contributed by atoms with van der Waals surface area (Å²) in [7, 11) is 1.58. The van der Waals surface area contributed by atoms with Crippen LogP contribution in [0.1, 0.15) is 36.8 Å². The van der Waals surface area contributed by atoms with Gasteiger partial charge in [-0.1, -0.05) is 12.1 Å². The molecule has 1 fully saturated rings. The van der Waals surface area contributed by atoms with Gasteiger partial charge in [0.1, 0.15) is 29.1 Å². The number of methoxy groups -OCH3 is 1. The van der Waals surface area contributed by atoms with Crippen LogP contribution in [0, 0.1) is 0 Å². The second kappa shape index (κ2) is 9.24. The molecule has 1 saturated heterocycles. The topological polar surface area (TPSA) is 89.2 Å². The number of furan rings is 1. The largest absolute Gasteiger partial charge is 0.507 e. The van der Waals surface area contributed by atoms with Gasteiger partial charge in [-0.05, 0) is 67.9 Å². The first-order valence-corrected chi connectivity index (χ1v) is 10.6. The van der Waals surface area contributed by atoms with Gasteiger partial charge in [0.05, 0.1) is 25.1 Å². The van der Waals surface area contributed by atoms with Crippen LogP contribution >= 0.6 is 0 Å². The van der Waals surface area contributed by atoms with Crippen molar-refractivity contribution in [2.75, 3.05) is 7.11 Å². The van der Waals surface area contributed by atoms with Gasteiger partial charge in [-0.15, -0.1) is 0 Å². The highest BCUT2D eigenvalue weighted by Crippen LogP contribution is 2.40. The molecule has 1 aliphatic heterocycles. The molecule has 3 aromatic rings. The van der Waals surface area contributed by atoms with E-state index in [2.05, 4.69) is 0 Å². The number of nitrogens with zero attached hydrogens (tertiary/aromatic N) is 1. The van der Waals surface area contributed by atoms with E-state index in [1.807, 2.05) is 26.0 Å². The fourth-order valence-electron chi connectivity index (χ4n) is 3.83. The van der Waals surface area contributed by atoms with Gasteiger partial charge < -0.3 is 23.9 Å². The second-order valence-corrected chi connectivity index (χ2v) is 7.98. The highest BCUT2D eigenvalue weighted by atomic mass is 16.5. The maximum atomic E-state index is 13.0. The highest BCUT2D eigenvalue weighted by Gasteiger charge is 2.47. The number of benzene rings is 2. The Hall–Kier alpha value is -4.00. The average molecular weight is 447 g/mol. The zero-order chi connectivity index (χ0) is 23.5. The Balaban J connectivity index is 1.73. The molecule has 1 amide bonds. The van der Waals surface area contributed by atoms with E-state index in [9.17, 15) is 14.7 Å². The first-order valence-electron chi connectivity index (χ1n) is 10.6. The summed E-state index contributed by atoms with van der Waals surface area (Å²) in [6.45, 7) is 4.00. The molecule has 7 nitrogen and oxygen atoms in total. The third kappa shape index (κ3) is 4.48. The molecule has 0 bridgehead atoms. The first kappa shape index (κ1) is 22.2. The summed E-state index contributed by atoms with van der Waals surface area (Å²) < 4.78 is 16.4. The molecule has 1 aliphatic rings. The van der Waals surface area contributed by atoms with E-state index in [0.29, 0.717) is 22.8 Å². The standard InChI is InChI=1S/C26H25NO6/c1-16(2)33-20-12-8-18(9-13-20)24(28)22-23(21-5-4-14-32-21)27(26(30)25(22)29)15-17-6-10-19(31-3)11-7-17/h4-14,16,23,28H,15H2,1-3H3/b24-22-. The molecular weight excluding hydrogens is 422 g/mol. The second-order valence-electron chi connectivity index (χ2n) is 7.98. The van der Waals surface area contributed by atoms with Gasteiger partial charge in [0.15, 0.2) is 0 Å². The molecule has 2 heterocycles. The third-order valence-electron chi connectivity index (χ3n) is 5.36. The van der Waals surface area contributed by atoms with Crippen molar-refractivity contribution in [3.63, 3.8) is 0 Å². The van der Waals surface area contributed by atoms with Crippen LogP contribution in [0.5, 0.6) is 11.5 Å². The number of hydrogen-bond donors (Lipinski definition) is 1. The fraction of sp³-hybridized carbons (Fsp3) is 0.231. The Morgan fingerprint density at radius 2 is 1.70 bits per heavy atom. The lowest BCUT2D eigenvalue weighted by atomic mass is 9.99. The lowest BCUT2D eigenvalue weighted by Gasteiger charge is -2.23. The molecule has 0 spiro atoms. The number of amides is 1. The third-order valence-corrected chi connectivity index (χ3v) is 5.36. The van der Waals surface area contributed by atoms with Gasteiger partial charge >= 0.3 is 0 Å². The van der Waals surface area contributed by atoms with E-state index < -0.39 is 17.7 Å². The van der Waals surface area contributed by atoms with Crippen LogP contribution < -0.4 is 9.47 Å². The van der Waals surface area contributed by atoms with Crippen molar-refractivity contribution in [2.24, 2.45) is 0 Å². The number of aliphatic hydroxyl groups is 1. The lowest BCUT2D eigenvalue weighted by Crippen LogP contribution is -2.29. The maximum absolute atomic E-state index is 13.0. The van der Waals surface area contributed by atoms with E-state index in [4.69, 9.17) is 13.9 Å². The van der Waals surface area contributed by atoms with Gasteiger partial charge in [0, 0.05) is 12.1 Å². The molecule has 1 atom stereocenters. The van der Waals surface area contributed by atoms with Crippen LogP contribution in [-0.4, -0.2) is 34.9 Å². The molecule has 4 rings (SSSR count). The summed E-state index contributed by atoms with van der Waals surface area (Å²) in [6, 6.07) is 16.5. The van der Waals surface area contributed by atoms with Gasteiger partial charge in [-0.2, -0.15) is 0 Å². The van der Waals surface area contributed by atoms with Gasteiger partial charge in [0.2, 0.25) is 0 Å². The van der Waals surface area contributed by atoms with Crippen LogP contribution in [0.25, 0.3) is 5.76 Å². The van der Waals surface area contributed by atoms with Crippen molar-refractivity contribution in [1.29, 1.82) is 0 Å². The van der Waals surface area contributed by atoms with Crippen molar-refractivity contribution >= 4 is 17.4 Å². The smallest absolute Gasteiger partial charge is 0.296 e. The highest BCUT2D eigenvalue weighted by molar-refractivity contribution is 6.46. The van der Waals surface area contributed by atoms with Crippen LogP contribution in [0.3, 0.4) is 0 Å². The summed E-state index contributed by atoms with van der Waals surface area (Å²) in [6.07, 6.45) is 1.48. The van der Waals surface area contributed by atoms with Gasteiger partial charge in [0.25, 0.3) is 11.7 Å². The molecule has 1 unspecified atom stereocenters.